The van der Waals surface area contributed by atoms with Crippen molar-refractivity contribution in [1.82, 2.24) is 9.13 Å². The lowest BCUT2D eigenvalue weighted by molar-refractivity contribution is -0.191. The van der Waals surface area contributed by atoms with E-state index in [1.807, 2.05) is 48.3 Å². The van der Waals surface area contributed by atoms with E-state index in [0.717, 1.165) is 27.7 Å². The van der Waals surface area contributed by atoms with Gasteiger partial charge in [0, 0.05) is 41.6 Å². The highest BCUT2D eigenvalue weighted by molar-refractivity contribution is 6.02. The molecule has 0 saturated heterocycles. The van der Waals surface area contributed by atoms with E-state index in [-0.39, 0.29) is 17.6 Å². The smallest absolute Gasteiger partial charge is 0.373 e. The van der Waals surface area contributed by atoms with E-state index in [1.165, 1.54) is 5.56 Å². The zero-order valence-corrected chi connectivity index (χ0v) is 19.0. The number of anilines is 1. The fourth-order valence-corrected chi connectivity index (χ4v) is 3.68. The van der Waals surface area contributed by atoms with Crippen LogP contribution in [0.25, 0.3) is 22.0 Å². The van der Waals surface area contributed by atoms with Gasteiger partial charge in [0.2, 0.25) is 0 Å². The molecule has 0 aliphatic rings. The van der Waals surface area contributed by atoms with Crippen molar-refractivity contribution in [2.45, 2.75) is 33.2 Å². The summed E-state index contributed by atoms with van der Waals surface area (Å²) in [5.74, 6) is -0.0244. The summed E-state index contributed by atoms with van der Waals surface area (Å²) in [4.78, 5) is 29.5. The number of nitrogens with one attached hydrogen (secondary N) is 1. The van der Waals surface area contributed by atoms with Gasteiger partial charge in [-0.05, 0) is 69.7 Å². The highest BCUT2D eigenvalue weighted by atomic mass is 16.2. The highest BCUT2D eigenvalue weighted by Crippen LogP contribution is 2.26. The minimum atomic E-state index is -0.0244. The molecule has 0 fully saturated rings. The first kappa shape index (κ1) is 22.8. The average Bonchev–Trinajstić information content (AvgIpc) is 3.31. The van der Waals surface area contributed by atoms with E-state index in [1.54, 1.807) is 4.57 Å². The average molecular weight is 430 g/mol. The topological polar surface area (TPSA) is 73.1 Å². The van der Waals surface area contributed by atoms with Gasteiger partial charge in [-0.1, -0.05) is 23.8 Å². The van der Waals surface area contributed by atoms with Crippen LogP contribution in [0.2, 0.25) is 0 Å². The van der Waals surface area contributed by atoms with Crippen molar-refractivity contribution in [1.29, 1.82) is 0 Å². The molecule has 164 valence electrons. The minimum Gasteiger partial charge on any atom is -0.380 e. The molecule has 4 aromatic rings. The number of fused-ring (bicyclic) bond motifs is 1. The molecule has 1 N–H and O–H groups in total. The summed E-state index contributed by atoms with van der Waals surface area (Å²) in [5, 5.41) is 4.55. The van der Waals surface area contributed by atoms with Crippen LogP contribution >= 0.6 is 0 Å². The Morgan fingerprint density at radius 3 is 2.22 bits per heavy atom. The lowest BCUT2D eigenvalue weighted by atomic mass is 10.1. The van der Waals surface area contributed by atoms with Crippen LogP contribution in [0.15, 0.2) is 67.0 Å². The molecule has 4 rings (SSSR count). The molecule has 0 amide bonds. The maximum atomic E-state index is 13.2. The molecule has 2 aromatic carbocycles. The van der Waals surface area contributed by atoms with E-state index in [9.17, 15) is 4.79 Å². The summed E-state index contributed by atoms with van der Waals surface area (Å²) in [6, 6.07) is 18.4. The number of carbonyl (C=O) groups is 1. The molecule has 0 radical (unpaired) electrons. The zero-order valence-electron chi connectivity index (χ0n) is 19.0. The van der Waals surface area contributed by atoms with Gasteiger partial charge in [0.15, 0.2) is 0 Å². The van der Waals surface area contributed by atoms with E-state index in [2.05, 4.69) is 63.3 Å². The second-order valence-electron chi connectivity index (χ2n) is 8.81. The molecule has 0 bridgehead atoms. The summed E-state index contributed by atoms with van der Waals surface area (Å²) in [6.45, 7) is 8.48. The predicted octanol–water partition coefficient (Wildman–Crippen LogP) is 5.27. The van der Waals surface area contributed by atoms with E-state index >= 15 is 0 Å². The fourth-order valence-electron chi connectivity index (χ4n) is 3.68. The van der Waals surface area contributed by atoms with Crippen LogP contribution in [-0.2, 0) is 16.6 Å². The Balaban J connectivity index is 0.000000913. The van der Waals surface area contributed by atoms with Crippen LogP contribution < -0.4 is 5.32 Å². The summed E-state index contributed by atoms with van der Waals surface area (Å²) in [5.41, 5.74) is 6.01. The number of nitrogens with zero attached hydrogens (tertiary/aromatic N) is 2. The molecule has 2 aromatic heterocycles. The first-order valence-corrected chi connectivity index (χ1v) is 10.3. The molecule has 0 saturated carbocycles. The van der Waals surface area contributed by atoms with Crippen molar-refractivity contribution >= 4 is 28.6 Å². The van der Waals surface area contributed by atoms with Crippen molar-refractivity contribution in [3.05, 3.63) is 78.2 Å². The Bertz CT molecular complexity index is 1280. The monoisotopic (exact) mass is 429 g/mol. The van der Waals surface area contributed by atoms with Crippen LogP contribution in [-0.4, -0.2) is 26.7 Å². The molecule has 0 aliphatic heterocycles. The highest BCUT2D eigenvalue weighted by Gasteiger charge is 2.17. The summed E-state index contributed by atoms with van der Waals surface area (Å²) in [7, 11) is 1.92. The van der Waals surface area contributed by atoms with Crippen molar-refractivity contribution in [2.24, 2.45) is 7.05 Å². The Morgan fingerprint density at radius 2 is 1.59 bits per heavy atom. The lowest BCUT2D eigenvalue weighted by Gasteiger charge is -2.22. The van der Waals surface area contributed by atoms with Gasteiger partial charge in [0.1, 0.15) is 5.69 Å². The third-order valence-corrected chi connectivity index (χ3v) is 5.03. The largest absolute Gasteiger partial charge is 0.380 e. The second-order valence-corrected chi connectivity index (χ2v) is 8.81. The number of benzene rings is 2. The minimum absolute atomic E-state index is 0.0198. The van der Waals surface area contributed by atoms with Gasteiger partial charge in [-0.2, -0.15) is 9.59 Å². The lowest BCUT2D eigenvalue weighted by Crippen LogP contribution is -2.25. The number of aromatic nitrogens is 2. The Labute approximate surface area is 187 Å². The molecular formula is C26H27N3O3. The molecule has 0 unspecified atom stereocenters. The Morgan fingerprint density at radius 1 is 0.938 bits per heavy atom. The maximum absolute atomic E-state index is 13.2. The van der Waals surface area contributed by atoms with E-state index in [0.29, 0.717) is 5.69 Å². The molecular weight excluding hydrogens is 402 g/mol. The number of rotatable bonds is 3. The van der Waals surface area contributed by atoms with Gasteiger partial charge < -0.3 is 9.88 Å². The number of aryl methyl sites for hydroxylation is 2. The molecule has 6 nitrogen and oxygen atoms in total. The van der Waals surface area contributed by atoms with Gasteiger partial charge >= 0.3 is 6.15 Å². The van der Waals surface area contributed by atoms with Crippen LogP contribution in [0.4, 0.5) is 5.69 Å². The normalized spacial score (nSPS) is 10.9. The van der Waals surface area contributed by atoms with Crippen LogP contribution in [0, 0.1) is 6.92 Å². The predicted molar refractivity (Wildman–Crippen MR) is 126 cm³/mol. The van der Waals surface area contributed by atoms with Crippen molar-refractivity contribution in [2.75, 3.05) is 5.32 Å². The number of hydrogen-bond donors (Lipinski definition) is 1. The number of hydrogen-bond acceptors (Lipinski definition) is 4. The zero-order chi connectivity index (χ0) is 23.5. The molecule has 32 heavy (non-hydrogen) atoms. The summed E-state index contributed by atoms with van der Waals surface area (Å²) < 4.78 is 3.63. The third kappa shape index (κ3) is 5.05. The van der Waals surface area contributed by atoms with Gasteiger partial charge in [-0.15, -0.1) is 0 Å². The first-order chi connectivity index (χ1) is 15.1. The van der Waals surface area contributed by atoms with Crippen molar-refractivity contribution in [3.8, 4) is 11.1 Å². The van der Waals surface area contributed by atoms with E-state index < -0.39 is 0 Å². The molecule has 0 aliphatic carbocycles. The van der Waals surface area contributed by atoms with Crippen LogP contribution in [0.1, 0.15) is 36.8 Å². The molecule has 6 heteroatoms. The van der Waals surface area contributed by atoms with Gasteiger partial charge in [-0.25, -0.2) is 0 Å². The first-order valence-electron chi connectivity index (χ1n) is 10.3. The molecule has 0 spiro atoms. The quantitative estimate of drug-likeness (QED) is 0.481. The van der Waals surface area contributed by atoms with Gasteiger partial charge in [0.05, 0.1) is 5.52 Å². The van der Waals surface area contributed by atoms with Crippen molar-refractivity contribution < 1.29 is 14.4 Å². The van der Waals surface area contributed by atoms with Crippen LogP contribution in [0.5, 0.6) is 0 Å². The third-order valence-electron chi connectivity index (χ3n) is 5.03. The standard InChI is InChI=1S/C25H27N3O.CO2/c1-17-6-11-22-19(14-17)12-13-28(22)24(29)23-15-20(16-27(23)5)18-7-9-21(10-8-18)26-25(2,3)4;2-1-3/h6-16,26H,1-5H3;. The SMILES string of the molecule is Cc1ccc2c(ccn2C(=O)c2cc(-c3ccc(NC(C)(C)C)cc3)cn2C)c1.O=C=O. The Hall–Kier alpha value is -3.89. The Kier molecular flexibility index (Phi) is 6.47. The van der Waals surface area contributed by atoms with Crippen LogP contribution in [0.3, 0.4) is 0 Å². The van der Waals surface area contributed by atoms with Crippen molar-refractivity contribution in [3.63, 3.8) is 0 Å². The van der Waals surface area contributed by atoms with E-state index in [4.69, 9.17) is 9.59 Å². The van der Waals surface area contributed by atoms with Gasteiger partial charge in [-0.3, -0.25) is 9.36 Å². The van der Waals surface area contributed by atoms with Gasteiger partial charge in [0.25, 0.3) is 5.91 Å². The molecule has 2 heterocycles. The summed E-state index contributed by atoms with van der Waals surface area (Å²) >= 11 is 0. The fraction of sp³-hybridized carbons (Fsp3) is 0.231. The number of carbonyl (C=O) groups excluding carboxylic acids is 3. The second kappa shape index (κ2) is 9.08. The molecule has 0 atom stereocenters. The summed E-state index contributed by atoms with van der Waals surface area (Å²) in [6.07, 6.45) is 4.11. The maximum Gasteiger partial charge on any atom is 0.373 e.